The molecular weight excluding hydrogens is 242 g/mol. The van der Waals surface area contributed by atoms with Gasteiger partial charge >= 0.3 is 5.97 Å². The molecule has 0 spiro atoms. The maximum atomic E-state index is 11.9. The minimum Gasteiger partial charge on any atom is -0.457 e. The van der Waals surface area contributed by atoms with Crippen LogP contribution < -0.4 is 0 Å². The third kappa shape index (κ3) is 3.19. The van der Waals surface area contributed by atoms with E-state index in [0.29, 0.717) is 12.2 Å². The van der Waals surface area contributed by atoms with Gasteiger partial charge in [-0.2, -0.15) is 5.10 Å². The van der Waals surface area contributed by atoms with Crippen molar-refractivity contribution in [1.29, 1.82) is 0 Å². The summed E-state index contributed by atoms with van der Waals surface area (Å²) in [6.07, 6.45) is 8.61. The van der Waals surface area contributed by atoms with Crippen LogP contribution in [0.4, 0.5) is 0 Å². The van der Waals surface area contributed by atoms with Crippen LogP contribution in [-0.4, -0.2) is 26.8 Å². The monoisotopic (exact) mass is 255 g/mol. The van der Waals surface area contributed by atoms with E-state index in [1.165, 1.54) is 0 Å². The molecule has 0 saturated heterocycles. The number of carbonyl (C=O) groups excluding carboxylic acids is 1. The van der Waals surface area contributed by atoms with Crippen molar-refractivity contribution in [2.24, 2.45) is 0 Å². The first-order chi connectivity index (χ1) is 9.20. The first kappa shape index (κ1) is 12.8. The molecule has 0 amide bonds. The fourth-order valence-corrected chi connectivity index (χ4v) is 1.52. The van der Waals surface area contributed by atoms with E-state index in [0.717, 1.165) is 0 Å². The number of nitrogens with zero attached hydrogens (tertiary/aromatic N) is 3. The third-order valence-electron chi connectivity index (χ3n) is 2.40. The Bertz CT molecular complexity index is 599. The molecule has 2 aromatic heterocycles. The smallest absolute Gasteiger partial charge is 0.357 e. The summed E-state index contributed by atoms with van der Waals surface area (Å²) in [5.74, 6) is 2.52. The molecule has 0 aromatic carbocycles. The number of esters is 1. The zero-order valence-corrected chi connectivity index (χ0v) is 10.5. The standard InChI is InChI=1S/C14H13N3O2/c1-3-6-11(2)19-14(18)12-7-4-8-13(16-12)17-10-5-9-15-17/h1,4-5,7-11H,6H2,2H3. The zero-order chi connectivity index (χ0) is 13.7. The van der Waals surface area contributed by atoms with Crippen LogP contribution in [0.1, 0.15) is 23.8 Å². The molecule has 0 aliphatic heterocycles. The van der Waals surface area contributed by atoms with Crippen molar-refractivity contribution >= 4 is 5.97 Å². The van der Waals surface area contributed by atoms with E-state index in [-0.39, 0.29) is 11.8 Å². The summed E-state index contributed by atoms with van der Waals surface area (Å²) < 4.78 is 6.75. The summed E-state index contributed by atoms with van der Waals surface area (Å²) in [5.41, 5.74) is 0.233. The topological polar surface area (TPSA) is 57.0 Å². The summed E-state index contributed by atoms with van der Waals surface area (Å²) in [6, 6.07) is 6.86. The summed E-state index contributed by atoms with van der Waals surface area (Å²) in [6.45, 7) is 1.75. The van der Waals surface area contributed by atoms with Crippen molar-refractivity contribution in [1.82, 2.24) is 14.8 Å². The fraction of sp³-hybridized carbons (Fsp3) is 0.214. The van der Waals surface area contributed by atoms with Gasteiger partial charge in [0.05, 0.1) is 0 Å². The van der Waals surface area contributed by atoms with Crippen molar-refractivity contribution in [3.8, 4) is 18.2 Å². The fourth-order valence-electron chi connectivity index (χ4n) is 1.52. The van der Waals surface area contributed by atoms with Gasteiger partial charge in [0.15, 0.2) is 11.5 Å². The maximum absolute atomic E-state index is 11.9. The number of hydrogen-bond acceptors (Lipinski definition) is 4. The molecular formula is C14H13N3O2. The minimum absolute atomic E-state index is 0.233. The average molecular weight is 255 g/mol. The molecule has 0 N–H and O–H groups in total. The highest BCUT2D eigenvalue weighted by atomic mass is 16.5. The number of rotatable bonds is 4. The molecule has 0 aliphatic rings. The Balaban J connectivity index is 2.15. The van der Waals surface area contributed by atoms with Crippen molar-refractivity contribution in [2.75, 3.05) is 0 Å². The van der Waals surface area contributed by atoms with E-state index in [9.17, 15) is 4.79 Å². The van der Waals surface area contributed by atoms with Crippen molar-refractivity contribution in [3.63, 3.8) is 0 Å². The highest BCUT2D eigenvalue weighted by Gasteiger charge is 2.13. The summed E-state index contributed by atoms with van der Waals surface area (Å²) in [4.78, 5) is 16.1. The largest absolute Gasteiger partial charge is 0.457 e. The van der Waals surface area contributed by atoms with Gasteiger partial charge < -0.3 is 4.74 Å². The Labute approximate surface area is 111 Å². The first-order valence-electron chi connectivity index (χ1n) is 5.82. The molecule has 2 heterocycles. The number of carbonyl (C=O) groups is 1. The predicted molar refractivity (Wildman–Crippen MR) is 69.7 cm³/mol. The summed E-state index contributed by atoms with van der Waals surface area (Å²) in [5, 5.41) is 4.05. The van der Waals surface area contributed by atoms with Gasteiger partial charge in [0.1, 0.15) is 6.10 Å². The van der Waals surface area contributed by atoms with Crippen LogP contribution in [0.25, 0.3) is 5.82 Å². The van der Waals surface area contributed by atoms with E-state index in [2.05, 4.69) is 16.0 Å². The maximum Gasteiger partial charge on any atom is 0.357 e. The highest BCUT2D eigenvalue weighted by Crippen LogP contribution is 2.07. The third-order valence-corrected chi connectivity index (χ3v) is 2.40. The number of aromatic nitrogens is 3. The molecule has 1 atom stereocenters. The molecule has 5 heteroatoms. The number of pyridine rings is 1. The molecule has 5 nitrogen and oxygen atoms in total. The lowest BCUT2D eigenvalue weighted by atomic mass is 10.3. The lowest BCUT2D eigenvalue weighted by Gasteiger charge is -2.10. The summed E-state index contributed by atoms with van der Waals surface area (Å²) in [7, 11) is 0. The second-order valence-electron chi connectivity index (χ2n) is 3.96. The van der Waals surface area contributed by atoms with E-state index in [4.69, 9.17) is 11.2 Å². The van der Waals surface area contributed by atoms with Crippen LogP contribution >= 0.6 is 0 Å². The Kier molecular flexibility index (Phi) is 3.94. The number of terminal acetylenes is 1. The Morgan fingerprint density at radius 1 is 1.53 bits per heavy atom. The second-order valence-corrected chi connectivity index (χ2v) is 3.96. The van der Waals surface area contributed by atoms with Gasteiger partial charge in [0.25, 0.3) is 0 Å². The van der Waals surface area contributed by atoms with Crippen LogP contribution in [-0.2, 0) is 4.74 Å². The normalized spacial score (nSPS) is 11.6. The Morgan fingerprint density at radius 2 is 2.37 bits per heavy atom. The van der Waals surface area contributed by atoms with Crippen LogP contribution in [0.5, 0.6) is 0 Å². The van der Waals surface area contributed by atoms with Gasteiger partial charge in [0.2, 0.25) is 0 Å². The molecule has 0 aliphatic carbocycles. The molecule has 19 heavy (non-hydrogen) atoms. The van der Waals surface area contributed by atoms with Gasteiger partial charge in [-0.15, -0.1) is 12.3 Å². The molecule has 0 saturated carbocycles. The van der Waals surface area contributed by atoms with Gasteiger partial charge in [-0.25, -0.2) is 14.5 Å². The number of ether oxygens (including phenoxy) is 1. The average Bonchev–Trinajstić information content (AvgIpc) is 2.93. The van der Waals surface area contributed by atoms with E-state index < -0.39 is 5.97 Å². The second kappa shape index (κ2) is 5.83. The highest BCUT2D eigenvalue weighted by molar-refractivity contribution is 5.87. The van der Waals surface area contributed by atoms with E-state index in [1.54, 1.807) is 48.3 Å². The molecule has 0 fully saturated rings. The van der Waals surface area contributed by atoms with Gasteiger partial charge in [-0.3, -0.25) is 0 Å². The SMILES string of the molecule is C#CCC(C)OC(=O)c1cccc(-n2cccn2)n1. The minimum atomic E-state index is -0.489. The molecule has 2 rings (SSSR count). The quantitative estimate of drug-likeness (QED) is 0.618. The molecule has 0 radical (unpaired) electrons. The molecule has 1 unspecified atom stereocenters. The lowest BCUT2D eigenvalue weighted by Crippen LogP contribution is -2.16. The molecule has 2 aromatic rings. The first-order valence-corrected chi connectivity index (χ1v) is 5.82. The van der Waals surface area contributed by atoms with Crippen LogP contribution in [0.15, 0.2) is 36.7 Å². The van der Waals surface area contributed by atoms with Gasteiger partial charge in [-0.05, 0) is 25.1 Å². The van der Waals surface area contributed by atoms with E-state index in [1.807, 2.05) is 0 Å². The zero-order valence-electron chi connectivity index (χ0n) is 10.5. The summed E-state index contributed by atoms with van der Waals surface area (Å²) >= 11 is 0. The molecule has 0 bridgehead atoms. The van der Waals surface area contributed by atoms with Crippen molar-refractivity contribution in [2.45, 2.75) is 19.4 Å². The van der Waals surface area contributed by atoms with Crippen molar-refractivity contribution < 1.29 is 9.53 Å². The lowest BCUT2D eigenvalue weighted by molar-refractivity contribution is 0.0345. The Hall–Kier alpha value is -2.61. The van der Waals surface area contributed by atoms with Crippen LogP contribution in [0, 0.1) is 12.3 Å². The predicted octanol–water partition coefficient (Wildman–Crippen LogP) is 1.84. The van der Waals surface area contributed by atoms with Crippen LogP contribution in [0.2, 0.25) is 0 Å². The van der Waals surface area contributed by atoms with Gasteiger partial charge in [0, 0.05) is 18.8 Å². The van der Waals surface area contributed by atoms with Crippen LogP contribution in [0.3, 0.4) is 0 Å². The van der Waals surface area contributed by atoms with Gasteiger partial charge in [-0.1, -0.05) is 6.07 Å². The number of hydrogen-bond donors (Lipinski definition) is 0. The van der Waals surface area contributed by atoms with Crippen molar-refractivity contribution in [3.05, 3.63) is 42.4 Å². The van der Waals surface area contributed by atoms with E-state index >= 15 is 0 Å². The molecule has 96 valence electrons. The Morgan fingerprint density at radius 3 is 3.05 bits per heavy atom.